The molecule has 13 heteroatoms. The molecule has 39 heavy (non-hydrogen) atoms. The maximum atomic E-state index is 13.9. The smallest absolute Gasteiger partial charge is 0.255 e. The minimum Gasteiger partial charge on any atom is -0.497 e. The number of methoxy groups -OCH3 is 1. The highest BCUT2D eigenvalue weighted by Gasteiger charge is 2.32. The van der Waals surface area contributed by atoms with Crippen LogP contribution in [0, 0.1) is 5.82 Å². The molecule has 0 saturated carbocycles. The van der Waals surface area contributed by atoms with Gasteiger partial charge in [-0.25, -0.2) is 14.4 Å². The van der Waals surface area contributed by atoms with E-state index in [4.69, 9.17) is 21.1 Å². The van der Waals surface area contributed by atoms with Crippen molar-refractivity contribution in [2.75, 3.05) is 38.8 Å². The molecule has 10 nitrogen and oxygen atoms in total. The summed E-state index contributed by atoms with van der Waals surface area (Å²) >= 11 is 7.79. The van der Waals surface area contributed by atoms with E-state index >= 15 is 0 Å². The lowest BCUT2D eigenvalue weighted by Crippen LogP contribution is -2.40. The molecule has 3 aromatic rings. The van der Waals surface area contributed by atoms with Crippen LogP contribution in [-0.2, 0) is 16.1 Å². The second kappa shape index (κ2) is 11.8. The summed E-state index contributed by atoms with van der Waals surface area (Å²) in [6, 6.07) is 5.05. The van der Waals surface area contributed by atoms with Crippen LogP contribution in [0.1, 0.15) is 39.7 Å². The molecule has 1 fully saturated rings. The number of aliphatic hydroxyl groups is 1. The highest BCUT2D eigenvalue weighted by molar-refractivity contribution is 7.16. The molecule has 1 atom stereocenters. The van der Waals surface area contributed by atoms with Gasteiger partial charge < -0.3 is 30.1 Å². The summed E-state index contributed by atoms with van der Waals surface area (Å²) in [5, 5.41) is 16.2. The van der Waals surface area contributed by atoms with Gasteiger partial charge in [0.05, 0.1) is 48.0 Å². The molecule has 2 aromatic heterocycles. The summed E-state index contributed by atoms with van der Waals surface area (Å²) in [7, 11) is 1.40. The second-order valence-corrected chi connectivity index (χ2v) is 10.8. The SMILES string of the molecule is COc1cc(F)cc([C@@H](CO)NC(=O)CN2Cc3sc(-c4nc(NC5CCOCC5)ncc4Cl)cc3C2=O)c1. The number of carbonyl (C=O) groups is 2. The fourth-order valence-electron chi connectivity index (χ4n) is 4.57. The van der Waals surface area contributed by atoms with E-state index in [0.29, 0.717) is 41.0 Å². The summed E-state index contributed by atoms with van der Waals surface area (Å²) in [6.45, 7) is 0.957. The maximum Gasteiger partial charge on any atom is 0.255 e. The van der Waals surface area contributed by atoms with Crippen LogP contribution in [0.2, 0.25) is 5.02 Å². The molecule has 0 spiro atoms. The molecular weight excluding hydrogens is 549 g/mol. The van der Waals surface area contributed by atoms with Gasteiger partial charge in [0.15, 0.2) is 0 Å². The predicted octanol–water partition coefficient (Wildman–Crippen LogP) is 3.40. The predicted molar refractivity (Wildman–Crippen MR) is 143 cm³/mol. The number of amides is 2. The van der Waals surface area contributed by atoms with Crippen molar-refractivity contribution in [1.29, 1.82) is 0 Å². The van der Waals surface area contributed by atoms with Gasteiger partial charge in [-0.2, -0.15) is 0 Å². The van der Waals surface area contributed by atoms with Gasteiger partial charge in [-0.1, -0.05) is 11.6 Å². The lowest BCUT2D eigenvalue weighted by atomic mass is 10.1. The fourth-order valence-corrected chi connectivity index (χ4v) is 5.99. The fraction of sp³-hybridized carbons (Fsp3) is 0.385. The minimum atomic E-state index is -0.857. The quantitative estimate of drug-likeness (QED) is 0.354. The molecule has 0 unspecified atom stereocenters. The first-order valence-electron chi connectivity index (χ1n) is 12.4. The zero-order valence-corrected chi connectivity index (χ0v) is 22.6. The van der Waals surface area contributed by atoms with Crippen LogP contribution in [-0.4, -0.2) is 71.3 Å². The van der Waals surface area contributed by atoms with E-state index in [1.807, 2.05) is 0 Å². The standard InChI is InChI=1S/C26H27ClFN5O5S/c1-37-17-7-14(6-15(28)8-17)20(13-34)31-23(35)12-33-11-22-18(25(33)36)9-21(39-22)24-19(27)10-29-26(32-24)30-16-2-4-38-5-3-16/h6-10,16,20,34H,2-5,11-13H2,1H3,(H,31,35)(H,29,30,32)/t20-/m1/s1. The van der Waals surface area contributed by atoms with Crippen LogP contribution >= 0.6 is 22.9 Å². The Bertz CT molecular complexity index is 1380. The van der Waals surface area contributed by atoms with Crippen LogP contribution in [0.15, 0.2) is 30.5 Å². The zero-order chi connectivity index (χ0) is 27.5. The van der Waals surface area contributed by atoms with Gasteiger partial charge in [0.25, 0.3) is 5.91 Å². The highest BCUT2D eigenvalue weighted by Crippen LogP contribution is 2.38. The van der Waals surface area contributed by atoms with Gasteiger partial charge in [-0.3, -0.25) is 9.59 Å². The highest BCUT2D eigenvalue weighted by atomic mass is 35.5. The second-order valence-electron chi connectivity index (χ2n) is 9.26. The van der Waals surface area contributed by atoms with Crippen LogP contribution in [0.3, 0.4) is 0 Å². The van der Waals surface area contributed by atoms with Crippen molar-refractivity contribution in [2.45, 2.75) is 31.5 Å². The molecular formula is C26H27ClFN5O5S. The topological polar surface area (TPSA) is 126 Å². The first kappa shape index (κ1) is 27.3. The van der Waals surface area contributed by atoms with Gasteiger partial charge in [0.2, 0.25) is 11.9 Å². The normalized spacial score (nSPS) is 16.2. The average Bonchev–Trinajstić information content (AvgIpc) is 3.47. The van der Waals surface area contributed by atoms with Gasteiger partial charge in [-0.05, 0) is 36.6 Å². The number of aromatic nitrogens is 2. The molecule has 1 saturated heterocycles. The van der Waals surface area contributed by atoms with Gasteiger partial charge in [0.1, 0.15) is 23.8 Å². The van der Waals surface area contributed by atoms with E-state index in [1.54, 1.807) is 12.3 Å². The molecule has 2 aliphatic heterocycles. The van der Waals surface area contributed by atoms with Crippen LogP contribution < -0.4 is 15.4 Å². The largest absolute Gasteiger partial charge is 0.497 e. The molecule has 4 heterocycles. The summed E-state index contributed by atoms with van der Waals surface area (Å²) in [5.41, 5.74) is 1.38. The Labute approximate surface area is 233 Å². The van der Waals surface area contributed by atoms with Crippen molar-refractivity contribution >= 4 is 40.7 Å². The molecule has 2 amide bonds. The monoisotopic (exact) mass is 575 g/mol. The number of ether oxygens (including phenoxy) is 2. The molecule has 0 radical (unpaired) electrons. The summed E-state index contributed by atoms with van der Waals surface area (Å²) < 4.78 is 24.4. The Morgan fingerprint density at radius 2 is 2.13 bits per heavy atom. The lowest BCUT2D eigenvalue weighted by Gasteiger charge is -2.23. The van der Waals surface area contributed by atoms with Crippen molar-refractivity contribution in [3.63, 3.8) is 0 Å². The minimum absolute atomic E-state index is 0.216. The molecule has 2 aliphatic rings. The Hall–Kier alpha value is -3.32. The number of fused-ring (bicyclic) bond motifs is 1. The number of halogens is 2. The third kappa shape index (κ3) is 6.14. The number of nitrogens with zero attached hydrogens (tertiary/aromatic N) is 3. The third-order valence-corrected chi connectivity index (χ3v) is 7.98. The molecule has 206 valence electrons. The Kier molecular flexibility index (Phi) is 8.26. The van der Waals surface area contributed by atoms with E-state index < -0.39 is 24.4 Å². The van der Waals surface area contributed by atoms with Crippen molar-refractivity contribution in [3.8, 4) is 16.3 Å². The van der Waals surface area contributed by atoms with E-state index in [9.17, 15) is 19.1 Å². The number of hydrogen-bond acceptors (Lipinski definition) is 9. The summed E-state index contributed by atoms with van der Waals surface area (Å²) in [5.74, 6) is -0.593. The number of carbonyl (C=O) groups excluding carboxylic acids is 2. The van der Waals surface area contributed by atoms with E-state index in [-0.39, 0.29) is 30.8 Å². The number of anilines is 1. The van der Waals surface area contributed by atoms with Crippen molar-refractivity contribution in [3.05, 3.63) is 57.3 Å². The third-order valence-electron chi connectivity index (χ3n) is 6.58. The maximum absolute atomic E-state index is 13.9. The average molecular weight is 576 g/mol. The van der Waals surface area contributed by atoms with Crippen molar-refractivity contribution < 1.29 is 28.6 Å². The van der Waals surface area contributed by atoms with Crippen molar-refractivity contribution in [1.82, 2.24) is 20.2 Å². The lowest BCUT2D eigenvalue weighted by molar-refractivity contribution is -0.122. The van der Waals surface area contributed by atoms with Gasteiger partial charge in [-0.15, -0.1) is 11.3 Å². The molecule has 0 aliphatic carbocycles. The number of nitrogens with one attached hydrogen (secondary N) is 2. The Balaban J connectivity index is 1.24. The summed E-state index contributed by atoms with van der Waals surface area (Å²) in [4.78, 5) is 37.7. The van der Waals surface area contributed by atoms with E-state index in [1.165, 1.54) is 41.5 Å². The van der Waals surface area contributed by atoms with Crippen LogP contribution in [0.5, 0.6) is 5.75 Å². The van der Waals surface area contributed by atoms with Gasteiger partial charge >= 0.3 is 0 Å². The molecule has 0 bridgehead atoms. The molecule has 5 rings (SSSR count). The Morgan fingerprint density at radius 1 is 1.33 bits per heavy atom. The zero-order valence-electron chi connectivity index (χ0n) is 21.1. The number of hydrogen-bond donors (Lipinski definition) is 3. The number of aliphatic hydroxyl groups excluding tert-OH is 1. The number of thiophene rings is 1. The summed E-state index contributed by atoms with van der Waals surface area (Å²) in [6.07, 6.45) is 3.27. The van der Waals surface area contributed by atoms with E-state index in [2.05, 4.69) is 20.6 Å². The Morgan fingerprint density at radius 3 is 2.85 bits per heavy atom. The van der Waals surface area contributed by atoms with Crippen LogP contribution in [0.25, 0.3) is 10.6 Å². The molecule has 3 N–H and O–H groups in total. The first-order valence-corrected chi connectivity index (χ1v) is 13.6. The van der Waals surface area contributed by atoms with Crippen molar-refractivity contribution in [2.24, 2.45) is 0 Å². The first-order chi connectivity index (χ1) is 18.8. The van der Waals surface area contributed by atoms with Crippen LogP contribution in [0.4, 0.5) is 10.3 Å². The number of benzene rings is 1. The number of rotatable bonds is 9. The van der Waals surface area contributed by atoms with Gasteiger partial charge in [0, 0.05) is 30.2 Å². The molecule has 1 aromatic carbocycles. The van der Waals surface area contributed by atoms with E-state index in [0.717, 1.165) is 22.6 Å².